The van der Waals surface area contributed by atoms with Crippen molar-refractivity contribution < 1.29 is 19.1 Å². The van der Waals surface area contributed by atoms with Crippen LogP contribution in [0.2, 0.25) is 0 Å². The summed E-state index contributed by atoms with van der Waals surface area (Å²) in [6, 6.07) is 11.0. The van der Waals surface area contributed by atoms with E-state index in [1.807, 2.05) is 23.5 Å². The number of unbranched alkanes of at least 4 members (excludes halogenated alkanes) is 10. The van der Waals surface area contributed by atoms with E-state index in [1.165, 1.54) is 36.1 Å². The first-order valence-electron chi connectivity index (χ1n) is 19.1. The normalized spacial score (nSPS) is 14.1. The molecular weight excluding hydrogens is 619 g/mol. The van der Waals surface area contributed by atoms with Gasteiger partial charge in [-0.15, -0.1) is 11.3 Å². The number of ether oxygens (including phenoxy) is 1. The maximum Gasteiger partial charge on any atom is 0.312 e. The van der Waals surface area contributed by atoms with Gasteiger partial charge < -0.3 is 15.4 Å². The zero-order valence-electron chi connectivity index (χ0n) is 30.0. The third-order valence-corrected chi connectivity index (χ3v) is 10.4. The summed E-state index contributed by atoms with van der Waals surface area (Å²) < 4.78 is 5.81. The lowest BCUT2D eigenvalue weighted by Crippen LogP contribution is -2.41. The van der Waals surface area contributed by atoms with Crippen molar-refractivity contribution in [3.63, 3.8) is 0 Å². The first kappa shape index (κ1) is 39.7. The lowest BCUT2D eigenvalue weighted by molar-refractivity contribution is -0.134. The molecule has 0 unspecified atom stereocenters. The Morgan fingerprint density at radius 3 is 2.15 bits per heavy atom. The summed E-state index contributed by atoms with van der Waals surface area (Å²) in [5, 5.41) is 8.08. The van der Waals surface area contributed by atoms with Gasteiger partial charge in [-0.3, -0.25) is 19.3 Å². The Morgan fingerprint density at radius 2 is 1.46 bits per heavy atom. The van der Waals surface area contributed by atoms with E-state index in [9.17, 15) is 14.4 Å². The average molecular weight is 682 g/mol. The molecule has 1 aromatic carbocycles. The van der Waals surface area contributed by atoms with Gasteiger partial charge in [-0.1, -0.05) is 89.8 Å². The Labute approximate surface area is 295 Å². The first-order chi connectivity index (χ1) is 23.5. The molecular formula is C40H63N3O4S. The smallest absolute Gasteiger partial charge is 0.312 e. The molecule has 0 aliphatic heterocycles. The fraction of sp³-hybridized carbons (Fsp3) is 0.675. The summed E-state index contributed by atoms with van der Waals surface area (Å²) in [6.07, 6.45) is 19.9. The van der Waals surface area contributed by atoms with Crippen LogP contribution in [0.25, 0.3) is 0 Å². The molecule has 1 heterocycles. The highest BCUT2D eigenvalue weighted by molar-refractivity contribution is 7.09. The molecule has 0 bridgehead atoms. The van der Waals surface area contributed by atoms with Crippen LogP contribution >= 0.6 is 11.3 Å². The van der Waals surface area contributed by atoms with Gasteiger partial charge in [0, 0.05) is 43.4 Å². The van der Waals surface area contributed by atoms with E-state index in [-0.39, 0.29) is 24.2 Å². The molecule has 1 aromatic heterocycles. The summed E-state index contributed by atoms with van der Waals surface area (Å²) in [5.41, 5.74) is 2.45. The number of nitrogens with zero attached hydrogens (tertiary/aromatic N) is 1. The molecule has 3 rings (SSSR count). The van der Waals surface area contributed by atoms with E-state index < -0.39 is 0 Å². The van der Waals surface area contributed by atoms with Gasteiger partial charge in [0.1, 0.15) is 5.75 Å². The van der Waals surface area contributed by atoms with E-state index in [0.717, 1.165) is 109 Å². The lowest BCUT2D eigenvalue weighted by Gasteiger charge is -2.35. The number of carbonyl (C=O) groups excluding carboxylic acids is 3. The molecule has 7 nitrogen and oxygen atoms in total. The molecule has 2 N–H and O–H groups in total. The third-order valence-electron chi connectivity index (χ3n) is 9.45. The number of rotatable bonds is 26. The second kappa shape index (κ2) is 24.4. The summed E-state index contributed by atoms with van der Waals surface area (Å²) in [7, 11) is 0. The molecule has 0 radical (unpaired) electrons. The van der Waals surface area contributed by atoms with Gasteiger partial charge in [0.2, 0.25) is 11.8 Å². The molecule has 0 spiro atoms. The maximum absolute atomic E-state index is 12.7. The van der Waals surface area contributed by atoms with Crippen LogP contribution in [0.1, 0.15) is 139 Å². The second-order valence-corrected chi connectivity index (χ2v) is 14.5. The SMILES string of the molecule is CCCCCCCNC(=O)CCCCCCCCCC(=O)NCCC(=O)Oc1cccc2c1CC[C@@H](N(CCC)CCc1cccs1)C2. The zero-order valence-corrected chi connectivity index (χ0v) is 30.8. The number of thiophene rings is 1. The van der Waals surface area contributed by atoms with Crippen molar-refractivity contribution in [3.05, 3.63) is 51.7 Å². The van der Waals surface area contributed by atoms with Crippen LogP contribution in [0.4, 0.5) is 0 Å². The van der Waals surface area contributed by atoms with Crippen molar-refractivity contribution in [2.75, 3.05) is 26.2 Å². The van der Waals surface area contributed by atoms with Crippen LogP contribution in [-0.4, -0.2) is 54.9 Å². The third kappa shape index (κ3) is 16.1. The molecule has 2 aromatic rings. The van der Waals surface area contributed by atoms with Crippen molar-refractivity contribution in [1.29, 1.82) is 0 Å². The van der Waals surface area contributed by atoms with E-state index in [0.29, 0.717) is 31.2 Å². The van der Waals surface area contributed by atoms with Crippen molar-refractivity contribution >= 4 is 29.1 Å². The van der Waals surface area contributed by atoms with E-state index in [4.69, 9.17) is 4.74 Å². The van der Waals surface area contributed by atoms with Gasteiger partial charge in [-0.05, 0) is 86.6 Å². The van der Waals surface area contributed by atoms with Crippen molar-refractivity contribution in [3.8, 4) is 5.75 Å². The van der Waals surface area contributed by atoms with Crippen LogP contribution in [0, 0.1) is 0 Å². The van der Waals surface area contributed by atoms with Crippen molar-refractivity contribution in [1.82, 2.24) is 15.5 Å². The number of hydrogen-bond acceptors (Lipinski definition) is 6. The number of fused-ring (bicyclic) bond motifs is 1. The number of amides is 2. The quantitative estimate of drug-likeness (QED) is 0.0590. The van der Waals surface area contributed by atoms with Crippen LogP contribution in [0.15, 0.2) is 35.7 Å². The molecule has 8 heteroatoms. The van der Waals surface area contributed by atoms with Gasteiger partial charge in [0.25, 0.3) is 0 Å². The Balaban J connectivity index is 1.21. The monoisotopic (exact) mass is 681 g/mol. The van der Waals surface area contributed by atoms with Gasteiger partial charge in [-0.2, -0.15) is 0 Å². The van der Waals surface area contributed by atoms with E-state index >= 15 is 0 Å². The minimum Gasteiger partial charge on any atom is -0.426 e. The van der Waals surface area contributed by atoms with Crippen LogP contribution in [0.3, 0.4) is 0 Å². The lowest BCUT2D eigenvalue weighted by atomic mass is 9.86. The minimum absolute atomic E-state index is 0.00183. The predicted molar refractivity (Wildman–Crippen MR) is 199 cm³/mol. The Morgan fingerprint density at radius 1 is 0.771 bits per heavy atom. The van der Waals surface area contributed by atoms with Crippen LogP contribution in [-0.2, 0) is 33.6 Å². The summed E-state index contributed by atoms with van der Waals surface area (Å²) in [6.45, 7) is 7.76. The largest absolute Gasteiger partial charge is 0.426 e. The Hall–Kier alpha value is -2.71. The molecule has 268 valence electrons. The minimum atomic E-state index is -0.297. The molecule has 2 amide bonds. The topological polar surface area (TPSA) is 87.7 Å². The van der Waals surface area contributed by atoms with Crippen molar-refractivity contribution in [2.24, 2.45) is 0 Å². The number of nitrogens with one attached hydrogen (secondary N) is 2. The summed E-state index contributed by atoms with van der Waals surface area (Å²) >= 11 is 1.84. The summed E-state index contributed by atoms with van der Waals surface area (Å²) in [4.78, 5) is 41.0. The second-order valence-electron chi connectivity index (χ2n) is 13.5. The Kier molecular flexibility index (Phi) is 20.2. The molecule has 1 aliphatic carbocycles. The average Bonchev–Trinajstić information content (AvgIpc) is 3.61. The van der Waals surface area contributed by atoms with Gasteiger partial charge in [-0.25, -0.2) is 0 Å². The number of benzene rings is 1. The van der Waals surface area contributed by atoms with Crippen LogP contribution in [0.5, 0.6) is 5.75 Å². The fourth-order valence-corrected chi connectivity index (χ4v) is 7.40. The zero-order chi connectivity index (χ0) is 34.2. The molecule has 1 atom stereocenters. The molecule has 1 aliphatic rings. The molecule has 0 fully saturated rings. The summed E-state index contributed by atoms with van der Waals surface area (Å²) in [5.74, 6) is 0.569. The number of esters is 1. The first-order valence-corrected chi connectivity index (χ1v) is 20.0. The maximum atomic E-state index is 12.7. The highest BCUT2D eigenvalue weighted by Crippen LogP contribution is 2.32. The number of hydrogen-bond donors (Lipinski definition) is 2. The molecule has 48 heavy (non-hydrogen) atoms. The van der Waals surface area contributed by atoms with E-state index in [1.54, 1.807) is 0 Å². The van der Waals surface area contributed by atoms with E-state index in [2.05, 4.69) is 53.0 Å². The highest BCUT2D eigenvalue weighted by Gasteiger charge is 2.26. The fourth-order valence-electron chi connectivity index (χ4n) is 6.70. The van der Waals surface area contributed by atoms with Crippen LogP contribution < -0.4 is 15.4 Å². The Bertz CT molecular complexity index is 1190. The predicted octanol–water partition coefficient (Wildman–Crippen LogP) is 8.57. The van der Waals surface area contributed by atoms with Gasteiger partial charge in [0.05, 0.1) is 6.42 Å². The molecule has 0 saturated carbocycles. The number of carbonyl (C=O) groups is 3. The standard InChI is InChI=1S/C40H63N3O4S/c1-3-5-6-12-15-27-41-38(44)21-13-10-8-7-9-11-14-22-39(45)42-28-25-40(46)47-37-20-16-18-33-32-34(23-24-36(33)37)43(29-4-2)30-26-35-19-17-31-48-35/h16-20,31,34H,3-15,21-30,32H2,1-2H3,(H,41,44)(H,42,45)/t34-/m1/s1. The van der Waals surface area contributed by atoms with Crippen molar-refractivity contribution in [2.45, 2.75) is 148 Å². The van der Waals surface area contributed by atoms with Gasteiger partial charge >= 0.3 is 5.97 Å². The highest BCUT2D eigenvalue weighted by atomic mass is 32.1. The molecule has 0 saturated heterocycles. The van der Waals surface area contributed by atoms with Gasteiger partial charge in [0.15, 0.2) is 0 Å².